The molecule has 3 aliphatic heterocycles. The van der Waals surface area contributed by atoms with Crippen LogP contribution in [0.3, 0.4) is 0 Å². The third-order valence-electron chi connectivity index (χ3n) is 5.61. The molecule has 0 spiro atoms. The average molecular weight is 317 g/mol. The summed E-state index contributed by atoms with van der Waals surface area (Å²) in [5.74, 6) is 0.378. The van der Waals surface area contributed by atoms with E-state index in [1.165, 1.54) is 0 Å². The molecule has 0 aromatic heterocycles. The highest BCUT2D eigenvalue weighted by Gasteiger charge is 2.53. The zero-order valence-corrected chi connectivity index (χ0v) is 13.6. The minimum atomic E-state index is -0.766. The summed E-state index contributed by atoms with van der Waals surface area (Å²) in [6, 6.07) is 8.30. The lowest BCUT2D eigenvalue weighted by molar-refractivity contribution is -0.164. The summed E-state index contributed by atoms with van der Waals surface area (Å²) in [6.45, 7) is 5.12. The molecule has 124 valence electrons. The molecule has 1 aromatic carbocycles. The molecule has 23 heavy (non-hydrogen) atoms. The first kappa shape index (κ1) is 15.0. The summed E-state index contributed by atoms with van der Waals surface area (Å²) in [6.07, 6.45) is 1.99. The number of para-hydroxylation sites is 1. The molecular weight excluding hydrogens is 294 g/mol. The van der Waals surface area contributed by atoms with Gasteiger partial charge in [0.2, 0.25) is 0 Å². The van der Waals surface area contributed by atoms with Gasteiger partial charge in [0, 0.05) is 24.1 Å². The molecule has 0 aliphatic carbocycles. The van der Waals surface area contributed by atoms with E-state index in [0.717, 1.165) is 30.7 Å². The number of benzene rings is 1. The van der Waals surface area contributed by atoms with Crippen molar-refractivity contribution in [2.45, 2.75) is 50.5 Å². The van der Waals surface area contributed by atoms with Crippen LogP contribution >= 0.6 is 0 Å². The van der Waals surface area contributed by atoms with E-state index in [9.17, 15) is 4.79 Å². The van der Waals surface area contributed by atoms with Gasteiger partial charge in [0.1, 0.15) is 11.4 Å². The highest BCUT2D eigenvalue weighted by molar-refractivity contribution is 5.69. The van der Waals surface area contributed by atoms with Gasteiger partial charge in [0.25, 0.3) is 0 Å². The first-order chi connectivity index (χ1) is 11.0. The van der Waals surface area contributed by atoms with E-state index in [-0.39, 0.29) is 36.3 Å². The molecule has 5 nitrogen and oxygen atoms in total. The Morgan fingerprint density at radius 1 is 1.39 bits per heavy atom. The maximum atomic E-state index is 11.1. The Bertz CT molecular complexity index is 629. The molecule has 2 fully saturated rings. The largest absolute Gasteiger partial charge is 0.487 e. The second-order valence-corrected chi connectivity index (χ2v) is 7.40. The molecular formula is C18H23NO4. The summed E-state index contributed by atoms with van der Waals surface area (Å²) in [4.78, 5) is 13.2. The summed E-state index contributed by atoms with van der Waals surface area (Å²) >= 11 is 0. The van der Waals surface area contributed by atoms with Crippen LogP contribution in [0.1, 0.15) is 38.4 Å². The van der Waals surface area contributed by atoms with Gasteiger partial charge in [-0.15, -0.1) is 0 Å². The summed E-state index contributed by atoms with van der Waals surface area (Å²) in [5.41, 5.74) is 0.813. The molecule has 4 rings (SSSR count). The lowest BCUT2D eigenvalue weighted by Gasteiger charge is -2.50. The Kier molecular flexibility index (Phi) is 3.39. The molecule has 1 N–H and O–H groups in total. The second-order valence-electron chi connectivity index (χ2n) is 7.40. The summed E-state index contributed by atoms with van der Waals surface area (Å²) < 4.78 is 12.7. The van der Waals surface area contributed by atoms with Crippen molar-refractivity contribution in [1.82, 2.24) is 4.90 Å². The zero-order valence-electron chi connectivity index (χ0n) is 13.6. The smallest absolute Gasteiger partial charge is 0.317 e. The molecule has 0 amide bonds. The molecule has 0 saturated carbocycles. The standard InChI is InChI=1S/C18H23NO4/c1-18(2)12-9-13-15(7-8-19(13)10-16(20)21)22-17(12)11-5-3-4-6-14(11)23-18/h3-6,12-13,15,17H,7-10H2,1-2H3,(H,20,21)/t12-,13+,15-,17+/m1/s1. The molecule has 0 unspecified atom stereocenters. The number of carbonyl (C=O) groups is 1. The molecule has 3 heterocycles. The van der Waals surface area contributed by atoms with Gasteiger partial charge in [-0.25, -0.2) is 0 Å². The van der Waals surface area contributed by atoms with E-state index in [0.29, 0.717) is 0 Å². The van der Waals surface area contributed by atoms with Crippen molar-refractivity contribution in [2.75, 3.05) is 13.1 Å². The van der Waals surface area contributed by atoms with Crippen molar-refractivity contribution < 1.29 is 19.4 Å². The number of nitrogens with zero attached hydrogens (tertiary/aromatic N) is 1. The van der Waals surface area contributed by atoms with Crippen LogP contribution in [0.5, 0.6) is 5.75 Å². The molecule has 0 radical (unpaired) electrons. The highest BCUT2D eigenvalue weighted by Crippen LogP contribution is 2.52. The van der Waals surface area contributed by atoms with E-state index in [1.54, 1.807) is 0 Å². The molecule has 5 heteroatoms. The highest BCUT2D eigenvalue weighted by atomic mass is 16.5. The summed E-state index contributed by atoms with van der Waals surface area (Å²) in [5, 5.41) is 9.12. The second kappa shape index (κ2) is 5.21. The topological polar surface area (TPSA) is 59.0 Å². The van der Waals surface area contributed by atoms with E-state index >= 15 is 0 Å². The average Bonchev–Trinajstić information content (AvgIpc) is 2.87. The van der Waals surface area contributed by atoms with Crippen LogP contribution in [0, 0.1) is 5.92 Å². The van der Waals surface area contributed by atoms with Gasteiger partial charge in [-0.2, -0.15) is 0 Å². The van der Waals surface area contributed by atoms with E-state index in [1.807, 2.05) is 18.2 Å². The predicted molar refractivity (Wildman–Crippen MR) is 84.5 cm³/mol. The maximum Gasteiger partial charge on any atom is 0.317 e. The quantitative estimate of drug-likeness (QED) is 0.908. The van der Waals surface area contributed by atoms with Gasteiger partial charge < -0.3 is 14.6 Å². The fraction of sp³-hybridized carbons (Fsp3) is 0.611. The van der Waals surface area contributed by atoms with Crippen molar-refractivity contribution in [3.63, 3.8) is 0 Å². The van der Waals surface area contributed by atoms with Crippen LogP contribution in [0.2, 0.25) is 0 Å². The molecule has 1 aromatic rings. The van der Waals surface area contributed by atoms with Crippen molar-refractivity contribution in [1.29, 1.82) is 0 Å². The number of carboxylic acids is 1. The Balaban J connectivity index is 1.65. The third kappa shape index (κ3) is 2.42. The normalized spacial score (nSPS) is 34.9. The molecule has 0 bridgehead atoms. The van der Waals surface area contributed by atoms with Gasteiger partial charge in [-0.3, -0.25) is 9.69 Å². The van der Waals surface area contributed by atoms with E-state index < -0.39 is 5.97 Å². The lowest BCUT2D eigenvalue weighted by atomic mass is 9.74. The Morgan fingerprint density at radius 3 is 2.96 bits per heavy atom. The first-order valence-electron chi connectivity index (χ1n) is 8.35. The van der Waals surface area contributed by atoms with Gasteiger partial charge >= 0.3 is 5.97 Å². The van der Waals surface area contributed by atoms with Crippen LogP contribution in [0.25, 0.3) is 0 Å². The van der Waals surface area contributed by atoms with Crippen molar-refractivity contribution in [2.24, 2.45) is 5.92 Å². The third-order valence-corrected chi connectivity index (χ3v) is 5.61. The van der Waals surface area contributed by atoms with Crippen LogP contribution < -0.4 is 4.74 Å². The lowest BCUT2D eigenvalue weighted by Crippen LogP contribution is -2.54. The number of carboxylic acid groups (broad SMARTS) is 1. The van der Waals surface area contributed by atoms with Gasteiger partial charge in [-0.05, 0) is 32.8 Å². The van der Waals surface area contributed by atoms with E-state index in [2.05, 4.69) is 24.8 Å². The number of hydrogen-bond acceptors (Lipinski definition) is 4. The van der Waals surface area contributed by atoms with E-state index in [4.69, 9.17) is 14.6 Å². The van der Waals surface area contributed by atoms with Crippen molar-refractivity contribution in [3.05, 3.63) is 29.8 Å². The van der Waals surface area contributed by atoms with Crippen LogP contribution in [0.15, 0.2) is 24.3 Å². The number of ether oxygens (including phenoxy) is 2. The first-order valence-corrected chi connectivity index (χ1v) is 8.35. The predicted octanol–water partition coefficient (Wildman–Crippen LogP) is 2.46. The maximum absolute atomic E-state index is 11.1. The number of fused-ring (bicyclic) bond motifs is 4. The van der Waals surface area contributed by atoms with Gasteiger partial charge in [0.05, 0.1) is 18.8 Å². The number of likely N-dealkylation sites (tertiary alicyclic amines) is 1. The number of rotatable bonds is 2. The number of aliphatic carboxylic acids is 1. The van der Waals surface area contributed by atoms with Gasteiger partial charge in [0.15, 0.2) is 0 Å². The van der Waals surface area contributed by atoms with Crippen LogP contribution in [-0.4, -0.2) is 46.8 Å². The fourth-order valence-electron chi connectivity index (χ4n) is 4.49. The van der Waals surface area contributed by atoms with Crippen LogP contribution in [-0.2, 0) is 9.53 Å². The monoisotopic (exact) mass is 317 g/mol. The molecule has 2 saturated heterocycles. The Labute approximate surface area is 136 Å². The molecule has 4 atom stereocenters. The fourth-order valence-corrected chi connectivity index (χ4v) is 4.49. The number of hydrogen-bond donors (Lipinski definition) is 1. The van der Waals surface area contributed by atoms with Crippen molar-refractivity contribution in [3.8, 4) is 5.75 Å². The Hall–Kier alpha value is -1.59. The minimum absolute atomic E-state index is 0.0426. The van der Waals surface area contributed by atoms with Gasteiger partial charge in [-0.1, -0.05) is 18.2 Å². The summed E-state index contributed by atoms with van der Waals surface area (Å²) in [7, 11) is 0. The van der Waals surface area contributed by atoms with Crippen LogP contribution in [0.4, 0.5) is 0 Å². The van der Waals surface area contributed by atoms with Crippen molar-refractivity contribution >= 4 is 5.97 Å². The molecule has 3 aliphatic rings. The SMILES string of the molecule is CC1(C)Oc2ccccc2[C@@H]2O[C@@H]3CCN(CC(=O)O)[C@H]3C[C@H]21. The zero-order chi connectivity index (χ0) is 16.2. The Morgan fingerprint density at radius 2 is 2.17 bits per heavy atom. The minimum Gasteiger partial charge on any atom is -0.487 e.